The van der Waals surface area contributed by atoms with E-state index >= 15 is 0 Å². The molecule has 0 radical (unpaired) electrons. The van der Waals surface area contributed by atoms with Gasteiger partial charge in [0.2, 0.25) is 0 Å². The summed E-state index contributed by atoms with van der Waals surface area (Å²) in [5.41, 5.74) is 1.77. The van der Waals surface area contributed by atoms with Crippen molar-refractivity contribution in [2.24, 2.45) is 5.92 Å². The third kappa shape index (κ3) is 5.53. The smallest absolute Gasteiger partial charge is 0.321 e. The molecule has 6 nitrogen and oxygen atoms in total. The summed E-state index contributed by atoms with van der Waals surface area (Å²) in [7, 11) is 1.56. The Morgan fingerprint density at radius 1 is 1.08 bits per heavy atom. The lowest BCUT2D eigenvalue weighted by molar-refractivity contribution is -0.141. The fraction of sp³-hybridized carbons (Fsp3) is 0.263. The highest BCUT2D eigenvalue weighted by Crippen LogP contribution is 2.23. The SMILES string of the molecule is Cc1ccc(Oc2ccc(NC(=O)N(C)CC(C)C(=O)O)cc2)cc1. The number of amides is 2. The zero-order valence-electron chi connectivity index (χ0n) is 14.5. The van der Waals surface area contributed by atoms with Gasteiger partial charge >= 0.3 is 12.0 Å². The number of benzene rings is 2. The number of hydrogen-bond acceptors (Lipinski definition) is 3. The Morgan fingerprint density at radius 2 is 1.60 bits per heavy atom. The van der Waals surface area contributed by atoms with Crippen LogP contribution in [0.2, 0.25) is 0 Å². The van der Waals surface area contributed by atoms with Gasteiger partial charge in [0.25, 0.3) is 0 Å². The number of rotatable bonds is 6. The van der Waals surface area contributed by atoms with E-state index in [9.17, 15) is 9.59 Å². The van der Waals surface area contributed by atoms with Crippen molar-refractivity contribution in [3.8, 4) is 11.5 Å². The van der Waals surface area contributed by atoms with E-state index in [1.807, 2.05) is 31.2 Å². The first kappa shape index (κ1) is 18.3. The van der Waals surface area contributed by atoms with E-state index < -0.39 is 11.9 Å². The first-order valence-electron chi connectivity index (χ1n) is 7.94. The topological polar surface area (TPSA) is 78.9 Å². The van der Waals surface area contributed by atoms with E-state index in [2.05, 4.69) is 5.32 Å². The molecule has 0 fully saturated rings. The molecule has 0 spiro atoms. The van der Waals surface area contributed by atoms with E-state index in [1.165, 1.54) is 4.90 Å². The Bertz CT molecular complexity index is 726. The first-order chi connectivity index (χ1) is 11.8. The second kappa shape index (κ2) is 8.19. The quantitative estimate of drug-likeness (QED) is 0.832. The highest BCUT2D eigenvalue weighted by atomic mass is 16.5. The summed E-state index contributed by atoms with van der Waals surface area (Å²) >= 11 is 0. The summed E-state index contributed by atoms with van der Waals surface area (Å²) < 4.78 is 5.73. The summed E-state index contributed by atoms with van der Waals surface area (Å²) in [5, 5.41) is 11.6. The molecule has 0 aliphatic carbocycles. The van der Waals surface area contributed by atoms with Gasteiger partial charge in [-0.2, -0.15) is 0 Å². The summed E-state index contributed by atoms with van der Waals surface area (Å²) in [6.45, 7) is 3.70. The molecule has 0 saturated carbocycles. The van der Waals surface area contributed by atoms with Crippen LogP contribution in [-0.4, -0.2) is 35.6 Å². The predicted octanol–water partition coefficient (Wildman–Crippen LogP) is 3.97. The van der Waals surface area contributed by atoms with Crippen LogP contribution in [0.3, 0.4) is 0 Å². The number of carbonyl (C=O) groups excluding carboxylic acids is 1. The van der Waals surface area contributed by atoms with Gasteiger partial charge in [-0.3, -0.25) is 4.79 Å². The number of carboxylic acids is 1. The number of ether oxygens (including phenoxy) is 1. The molecule has 2 aromatic carbocycles. The van der Waals surface area contributed by atoms with Gasteiger partial charge in [0.1, 0.15) is 11.5 Å². The second-order valence-corrected chi connectivity index (χ2v) is 5.99. The number of aliphatic carboxylic acids is 1. The Labute approximate surface area is 147 Å². The van der Waals surface area contributed by atoms with Crippen molar-refractivity contribution in [1.82, 2.24) is 4.90 Å². The minimum atomic E-state index is -0.933. The maximum atomic E-state index is 12.1. The van der Waals surface area contributed by atoms with Crippen LogP contribution in [0.15, 0.2) is 48.5 Å². The molecule has 0 bridgehead atoms. The van der Waals surface area contributed by atoms with Crippen LogP contribution in [0.4, 0.5) is 10.5 Å². The van der Waals surface area contributed by atoms with E-state index in [4.69, 9.17) is 9.84 Å². The number of hydrogen-bond donors (Lipinski definition) is 2. The number of aryl methyl sites for hydroxylation is 1. The number of anilines is 1. The Balaban J connectivity index is 1.92. The lowest BCUT2D eigenvalue weighted by Gasteiger charge is -2.20. The van der Waals surface area contributed by atoms with Crippen molar-refractivity contribution < 1.29 is 19.4 Å². The predicted molar refractivity (Wildman–Crippen MR) is 96.1 cm³/mol. The molecule has 132 valence electrons. The van der Waals surface area contributed by atoms with E-state index in [-0.39, 0.29) is 12.6 Å². The number of nitrogens with zero attached hydrogens (tertiary/aromatic N) is 1. The lowest BCUT2D eigenvalue weighted by Crippen LogP contribution is -2.36. The molecule has 1 unspecified atom stereocenters. The standard InChI is InChI=1S/C19H22N2O4/c1-13-4-8-16(9-5-13)25-17-10-6-15(7-11-17)20-19(24)21(3)12-14(2)18(22)23/h4-11,14H,12H2,1-3H3,(H,20,24)(H,22,23). The van der Waals surface area contributed by atoms with Crippen LogP contribution in [0.1, 0.15) is 12.5 Å². The van der Waals surface area contributed by atoms with Gasteiger partial charge < -0.3 is 20.1 Å². The van der Waals surface area contributed by atoms with E-state index in [1.54, 1.807) is 38.2 Å². The molecule has 2 amide bonds. The van der Waals surface area contributed by atoms with Gasteiger partial charge in [-0.05, 0) is 43.3 Å². The maximum absolute atomic E-state index is 12.1. The minimum Gasteiger partial charge on any atom is -0.481 e. The van der Waals surface area contributed by atoms with E-state index in [0.717, 1.165) is 11.3 Å². The molecule has 6 heteroatoms. The average molecular weight is 342 g/mol. The molecule has 2 rings (SSSR count). The molecular weight excluding hydrogens is 320 g/mol. The van der Waals surface area contributed by atoms with Crippen molar-refractivity contribution >= 4 is 17.7 Å². The van der Waals surface area contributed by atoms with Gasteiger partial charge in [0.15, 0.2) is 0 Å². The third-order valence-corrected chi connectivity index (χ3v) is 3.68. The monoisotopic (exact) mass is 342 g/mol. The molecule has 0 aliphatic heterocycles. The zero-order valence-corrected chi connectivity index (χ0v) is 14.5. The number of nitrogens with one attached hydrogen (secondary N) is 1. The third-order valence-electron chi connectivity index (χ3n) is 3.68. The molecule has 0 aromatic heterocycles. The van der Waals surface area contributed by atoms with Crippen LogP contribution < -0.4 is 10.1 Å². The largest absolute Gasteiger partial charge is 0.481 e. The number of urea groups is 1. The molecule has 0 aliphatic rings. The second-order valence-electron chi connectivity index (χ2n) is 5.99. The van der Waals surface area contributed by atoms with Gasteiger partial charge in [-0.1, -0.05) is 24.6 Å². The molecule has 1 atom stereocenters. The Hall–Kier alpha value is -3.02. The fourth-order valence-electron chi connectivity index (χ4n) is 2.14. The van der Waals surface area contributed by atoms with Crippen molar-refractivity contribution in [3.05, 3.63) is 54.1 Å². The summed E-state index contributed by atoms with van der Waals surface area (Å²) in [6.07, 6.45) is 0. The highest BCUT2D eigenvalue weighted by Gasteiger charge is 2.17. The minimum absolute atomic E-state index is 0.135. The molecular formula is C19H22N2O4. The normalized spacial score (nSPS) is 11.5. The van der Waals surface area contributed by atoms with Gasteiger partial charge in [0.05, 0.1) is 5.92 Å². The first-order valence-corrected chi connectivity index (χ1v) is 7.94. The molecule has 0 saturated heterocycles. The van der Waals surface area contributed by atoms with Gasteiger partial charge in [-0.25, -0.2) is 4.79 Å². The lowest BCUT2D eigenvalue weighted by atomic mass is 10.2. The van der Waals surface area contributed by atoms with E-state index in [0.29, 0.717) is 11.4 Å². The highest BCUT2D eigenvalue weighted by molar-refractivity contribution is 5.89. The Kier molecular flexibility index (Phi) is 6.00. The van der Waals surface area contributed by atoms with Crippen molar-refractivity contribution in [1.29, 1.82) is 0 Å². The average Bonchev–Trinajstić information content (AvgIpc) is 2.58. The van der Waals surface area contributed by atoms with Crippen LogP contribution in [0.5, 0.6) is 11.5 Å². The number of carboxylic acid groups (broad SMARTS) is 1. The van der Waals surface area contributed by atoms with Gasteiger partial charge in [-0.15, -0.1) is 0 Å². The molecule has 25 heavy (non-hydrogen) atoms. The van der Waals surface area contributed by atoms with Crippen LogP contribution >= 0.6 is 0 Å². The maximum Gasteiger partial charge on any atom is 0.321 e. The van der Waals surface area contributed by atoms with Gasteiger partial charge in [0, 0.05) is 19.3 Å². The van der Waals surface area contributed by atoms with Crippen molar-refractivity contribution in [2.75, 3.05) is 18.9 Å². The zero-order chi connectivity index (χ0) is 18.4. The van der Waals surface area contributed by atoms with Crippen LogP contribution in [0.25, 0.3) is 0 Å². The summed E-state index contributed by atoms with van der Waals surface area (Å²) in [6, 6.07) is 14.3. The summed E-state index contributed by atoms with van der Waals surface area (Å²) in [5.74, 6) is -0.155. The number of carbonyl (C=O) groups is 2. The van der Waals surface area contributed by atoms with Crippen LogP contribution in [0, 0.1) is 12.8 Å². The van der Waals surface area contributed by atoms with Crippen molar-refractivity contribution in [3.63, 3.8) is 0 Å². The molecule has 2 aromatic rings. The fourth-order valence-corrected chi connectivity index (χ4v) is 2.14. The van der Waals surface area contributed by atoms with Crippen LogP contribution in [-0.2, 0) is 4.79 Å². The Morgan fingerprint density at radius 3 is 2.12 bits per heavy atom. The molecule has 2 N–H and O–H groups in total. The van der Waals surface area contributed by atoms with Crippen molar-refractivity contribution in [2.45, 2.75) is 13.8 Å². The summed E-state index contributed by atoms with van der Waals surface area (Å²) in [4.78, 5) is 24.3. The molecule has 0 heterocycles.